The SMILES string of the molecule is O=c1ccc(=O)oc2nnc3cc(o1)c(SCCCN1CCC(OC(c4ccccc4)c4ccccc4)CC1)nn32. The molecule has 4 aromatic heterocycles. The smallest absolute Gasteiger partial charge is 0.347 e. The molecule has 0 unspecified atom stereocenters. The third-order valence-electron chi connectivity index (χ3n) is 6.98. The number of fused-ring (bicyclic) bond motifs is 6. The van der Waals surface area contributed by atoms with E-state index in [0.29, 0.717) is 10.7 Å². The van der Waals surface area contributed by atoms with Crippen LogP contribution in [-0.2, 0) is 4.74 Å². The van der Waals surface area contributed by atoms with Gasteiger partial charge in [-0.15, -0.1) is 16.9 Å². The lowest BCUT2D eigenvalue weighted by atomic mass is 10.00. The van der Waals surface area contributed by atoms with E-state index >= 15 is 0 Å². The largest absolute Gasteiger partial charge is 0.420 e. The highest BCUT2D eigenvalue weighted by molar-refractivity contribution is 7.99. The molecular formula is C30H29N5O5S. The normalized spacial score (nSPS) is 14.7. The quantitative estimate of drug-likeness (QED) is 0.185. The van der Waals surface area contributed by atoms with Crippen LogP contribution in [-0.4, -0.2) is 56.2 Å². The van der Waals surface area contributed by atoms with Crippen molar-refractivity contribution in [3.8, 4) is 0 Å². The predicted octanol–water partition coefficient (Wildman–Crippen LogP) is 4.50. The van der Waals surface area contributed by atoms with E-state index in [-0.39, 0.29) is 23.6 Å². The lowest BCUT2D eigenvalue weighted by molar-refractivity contribution is -0.0268. The van der Waals surface area contributed by atoms with Crippen LogP contribution < -0.4 is 11.3 Å². The van der Waals surface area contributed by atoms with Crippen molar-refractivity contribution < 1.29 is 13.6 Å². The number of ether oxygens (including phenoxy) is 1. The van der Waals surface area contributed by atoms with Crippen LogP contribution in [0.4, 0.5) is 0 Å². The molecule has 41 heavy (non-hydrogen) atoms. The summed E-state index contributed by atoms with van der Waals surface area (Å²) in [5.41, 5.74) is 1.47. The monoisotopic (exact) mass is 571 g/mol. The van der Waals surface area contributed by atoms with Crippen molar-refractivity contribution in [2.24, 2.45) is 0 Å². The highest BCUT2D eigenvalue weighted by Crippen LogP contribution is 2.30. The van der Waals surface area contributed by atoms with Crippen LogP contribution in [0.1, 0.15) is 36.5 Å². The molecule has 5 heterocycles. The Hall–Kier alpha value is -4.06. The zero-order valence-corrected chi connectivity index (χ0v) is 23.1. The van der Waals surface area contributed by atoms with Crippen LogP contribution in [0, 0.1) is 0 Å². The van der Waals surface area contributed by atoms with Crippen LogP contribution in [0.5, 0.6) is 0 Å². The van der Waals surface area contributed by atoms with Crippen molar-refractivity contribution in [3.05, 3.63) is 111 Å². The van der Waals surface area contributed by atoms with Crippen LogP contribution in [0.3, 0.4) is 0 Å². The second-order valence-electron chi connectivity index (χ2n) is 9.82. The van der Waals surface area contributed by atoms with E-state index < -0.39 is 11.3 Å². The Balaban J connectivity index is 1.05. The van der Waals surface area contributed by atoms with E-state index in [1.807, 2.05) is 12.1 Å². The first-order valence-electron chi connectivity index (χ1n) is 13.6. The molecule has 0 radical (unpaired) electrons. The fraction of sp³-hybridized carbons (Fsp3) is 0.300. The molecule has 1 saturated heterocycles. The molecule has 4 bridgehead atoms. The Morgan fingerprint density at radius 3 is 2.22 bits per heavy atom. The maximum Gasteiger partial charge on any atom is 0.347 e. The summed E-state index contributed by atoms with van der Waals surface area (Å²) in [6.45, 7) is 2.89. The van der Waals surface area contributed by atoms with Crippen LogP contribution in [0.15, 0.2) is 102 Å². The maximum absolute atomic E-state index is 12.2. The Labute approximate surface area is 239 Å². The molecule has 7 rings (SSSR count). The summed E-state index contributed by atoms with van der Waals surface area (Å²) in [6, 6.07) is 24.4. The van der Waals surface area contributed by atoms with Gasteiger partial charge in [0.25, 0.3) is 0 Å². The van der Waals surface area contributed by atoms with Crippen molar-refractivity contribution in [1.29, 1.82) is 0 Å². The van der Waals surface area contributed by atoms with Crippen molar-refractivity contribution in [1.82, 2.24) is 24.7 Å². The van der Waals surface area contributed by atoms with Crippen LogP contribution >= 0.6 is 11.8 Å². The summed E-state index contributed by atoms with van der Waals surface area (Å²) in [4.78, 5) is 26.5. The molecular weight excluding hydrogens is 542 g/mol. The molecule has 0 atom stereocenters. The number of nitrogens with zero attached hydrogens (tertiary/aromatic N) is 5. The van der Waals surface area contributed by atoms with E-state index in [1.54, 1.807) is 6.07 Å². The first-order chi connectivity index (χ1) is 20.1. The molecule has 1 fully saturated rings. The van der Waals surface area contributed by atoms with Gasteiger partial charge in [0, 0.05) is 37.0 Å². The van der Waals surface area contributed by atoms with Gasteiger partial charge >= 0.3 is 17.1 Å². The molecule has 1 aliphatic rings. The Bertz CT molecular complexity index is 1710. The Morgan fingerprint density at radius 1 is 0.878 bits per heavy atom. The number of likely N-dealkylation sites (tertiary alicyclic amines) is 1. The highest BCUT2D eigenvalue weighted by Gasteiger charge is 2.24. The molecule has 1 aliphatic heterocycles. The first-order valence-corrected chi connectivity index (χ1v) is 14.6. The van der Waals surface area contributed by atoms with Crippen molar-refractivity contribution >= 4 is 28.8 Å². The van der Waals surface area contributed by atoms with Gasteiger partial charge in [0.2, 0.25) is 0 Å². The number of hydrogen-bond donors (Lipinski definition) is 0. The lowest BCUT2D eigenvalue weighted by Gasteiger charge is -2.34. The average molecular weight is 572 g/mol. The number of benzene rings is 2. The second-order valence-corrected chi connectivity index (χ2v) is 10.9. The summed E-state index contributed by atoms with van der Waals surface area (Å²) in [7, 11) is 0. The van der Waals surface area contributed by atoms with E-state index in [2.05, 4.69) is 68.7 Å². The van der Waals surface area contributed by atoms with E-state index in [1.165, 1.54) is 27.4 Å². The van der Waals surface area contributed by atoms with Gasteiger partial charge < -0.3 is 18.5 Å². The van der Waals surface area contributed by atoms with Gasteiger partial charge in [0.05, 0.1) is 6.10 Å². The van der Waals surface area contributed by atoms with Crippen molar-refractivity contribution in [2.75, 3.05) is 25.4 Å². The van der Waals surface area contributed by atoms with E-state index in [9.17, 15) is 9.59 Å². The minimum Gasteiger partial charge on any atom is -0.420 e. The average Bonchev–Trinajstić information content (AvgIpc) is 3.37. The van der Waals surface area contributed by atoms with E-state index in [4.69, 9.17) is 13.6 Å². The van der Waals surface area contributed by atoms with Gasteiger partial charge in [-0.25, -0.2) is 9.59 Å². The maximum atomic E-state index is 12.2. The number of piperidine rings is 1. The standard InChI is InChI=1S/C30H29N5O5S/c36-26-12-13-27(37)40-30-32-31-25-20-24(39-26)29(33-35(25)30)41-19-7-16-34-17-14-23(15-18-34)38-28(21-8-3-1-4-9-21)22-10-5-2-6-11-22/h1-6,8-13,20,23,28H,7,14-19H2. The zero-order chi connectivity index (χ0) is 28.0. The number of thioether (sulfide) groups is 1. The summed E-state index contributed by atoms with van der Waals surface area (Å²) in [5, 5.41) is 12.8. The van der Waals surface area contributed by atoms with Crippen molar-refractivity contribution in [3.63, 3.8) is 0 Å². The third kappa shape index (κ3) is 6.64. The second kappa shape index (κ2) is 12.6. The van der Waals surface area contributed by atoms with Gasteiger partial charge in [-0.05, 0) is 36.9 Å². The van der Waals surface area contributed by atoms with E-state index in [0.717, 1.165) is 56.8 Å². The van der Waals surface area contributed by atoms with Crippen LogP contribution in [0.25, 0.3) is 17.1 Å². The summed E-state index contributed by atoms with van der Waals surface area (Å²) in [6.07, 6.45) is 3.00. The van der Waals surface area contributed by atoms with Gasteiger partial charge in [-0.3, -0.25) is 0 Å². The minimum atomic E-state index is -0.762. The number of rotatable bonds is 9. The Kier molecular flexibility index (Phi) is 8.36. The molecule has 210 valence electrons. The fourth-order valence-electron chi connectivity index (χ4n) is 4.94. The number of aromatic nitrogens is 4. The minimum absolute atomic E-state index is 0.0655. The molecule has 0 amide bonds. The molecule has 11 heteroatoms. The molecule has 6 aromatic rings. The topological polar surface area (TPSA) is 116 Å². The molecule has 2 aromatic carbocycles. The third-order valence-corrected chi connectivity index (χ3v) is 8.03. The van der Waals surface area contributed by atoms with Gasteiger partial charge in [0.15, 0.2) is 16.3 Å². The predicted molar refractivity (Wildman–Crippen MR) is 155 cm³/mol. The van der Waals surface area contributed by atoms with Crippen LogP contribution in [0.2, 0.25) is 0 Å². The Morgan fingerprint density at radius 2 is 1.54 bits per heavy atom. The summed E-state index contributed by atoms with van der Waals surface area (Å²) >= 11 is 1.47. The highest BCUT2D eigenvalue weighted by atomic mass is 32.2. The fourth-order valence-corrected chi connectivity index (χ4v) is 5.79. The summed E-state index contributed by atoms with van der Waals surface area (Å²) in [5.74, 6) is 0.695. The molecule has 0 aliphatic carbocycles. The lowest BCUT2D eigenvalue weighted by Crippen LogP contribution is -2.38. The first kappa shape index (κ1) is 27.1. The molecule has 0 saturated carbocycles. The molecule has 0 N–H and O–H groups in total. The molecule has 0 spiro atoms. The molecule has 10 nitrogen and oxygen atoms in total. The van der Waals surface area contributed by atoms with Crippen molar-refractivity contribution in [2.45, 2.75) is 36.5 Å². The number of hydrogen-bond acceptors (Lipinski definition) is 10. The van der Waals surface area contributed by atoms with Gasteiger partial charge in [-0.1, -0.05) is 65.8 Å². The van der Waals surface area contributed by atoms with Gasteiger partial charge in [-0.2, -0.15) is 9.61 Å². The summed E-state index contributed by atoms with van der Waals surface area (Å²) < 4.78 is 18.6. The zero-order valence-electron chi connectivity index (χ0n) is 22.3. The van der Waals surface area contributed by atoms with Gasteiger partial charge in [0.1, 0.15) is 6.10 Å².